The largest absolute Gasteiger partial charge is 0.356 e. The normalized spacial score (nSPS) is 15.2. The number of nitrogens with zero attached hydrogens (tertiary/aromatic N) is 2. The number of unbranched alkanes of at least 4 members (excludes halogenated alkanes) is 25. The first-order chi connectivity index (χ1) is 19.3. The first-order valence-corrected chi connectivity index (χ1v) is 18.5. The van der Waals surface area contributed by atoms with Crippen LogP contribution in [0.15, 0.2) is 12.4 Å². The van der Waals surface area contributed by atoms with Crippen molar-refractivity contribution in [2.45, 2.75) is 213 Å². The molecular weight excluding hydrogens is 472 g/mol. The quantitative estimate of drug-likeness (QED) is 0.0798. The second-order valence-corrected chi connectivity index (χ2v) is 12.9. The number of rotatable bonds is 31. The summed E-state index contributed by atoms with van der Waals surface area (Å²) in [4.78, 5) is 5.37. The summed E-state index contributed by atoms with van der Waals surface area (Å²) in [6.45, 7) is 9.46. The molecule has 1 atom stereocenters. The van der Waals surface area contributed by atoms with Gasteiger partial charge in [0.05, 0.1) is 0 Å². The van der Waals surface area contributed by atoms with Crippen LogP contribution < -0.4 is 0 Å². The Morgan fingerprint density at radius 1 is 0.333 bits per heavy atom. The fraction of sp³-hybridized carbons (Fsp3) is 0.946. The monoisotopic (exact) mass is 547 g/mol. The smallest absolute Gasteiger partial charge is 0.101 e. The Balaban J connectivity index is 2.10. The Morgan fingerprint density at radius 2 is 0.590 bits per heavy atom. The van der Waals surface area contributed by atoms with Crippen LogP contribution in [0.4, 0.5) is 0 Å². The van der Waals surface area contributed by atoms with Crippen LogP contribution in [0.25, 0.3) is 0 Å². The fourth-order valence-corrected chi connectivity index (χ4v) is 6.36. The van der Waals surface area contributed by atoms with Gasteiger partial charge < -0.3 is 9.80 Å². The van der Waals surface area contributed by atoms with Gasteiger partial charge in [0, 0.05) is 25.5 Å². The highest BCUT2D eigenvalue weighted by molar-refractivity contribution is 4.97. The van der Waals surface area contributed by atoms with Gasteiger partial charge in [0.15, 0.2) is 0 Å². The molecule has 1 aliphatic rings. The predicted octanol–water partition coefficient (Wildman–Crippen LogP) is 12.8. The van der Waals surface area contributed by atoms with Crippen LogP contribution >= 0.6 is 0 Å². The third-order valence-corrected chi connectivity index (χ3v) is 9.07. The molecule has 39 heavy (non-hydrogen) atoms. The van der Waals surface area contributed by atoms with E-state index in [0.29, 0.717) is 6.17 Å². The Labute approximate surface area is 248 Å². The Bertz CT molecular complexity index is 502. The van der Waals surface area contributed by atoms with Crippen LogP contribution in [-0.2, 0) is 0 Å². The molecule has 0 aromatic heterocycles. The maximum Gasteiger partial charge on any atom is 0.101 e. The van der Waals surface area contributed by atoms with Gasteiger partial charge in [-0.15, -0.1) is 0 Å². The van der Waals surface area contributed by atoms with Crippen LogP contribution in [0.3, 0.4) is 0 Å². The molecule has 0 saturated carbocycles. The molecule has 1 unspecified atom stereocenters. The Morgan fingerprint density at radius 3 is 0.949 bits per heavy atom. The zero-order valence-corrected chi connectivity index (χ0v) is 27.5. The topological polar surface area (TPSA) is 6.48 Å². The van der Waals surface area contributed by atoms with E-state index < -0.39 is 0 Å². The summed E-state index contributed by atoms with van der Waals surface area (Å²) in [6, 6.07) is 0. The van der Waals surface area contributed by atoms with Crippen molar-refractivity contribution < 1.29 is 0 Å². The summed E-state index contributed by atoms with van der Waals surface area (Å²) in [5.41, 5.74) is 0. The standard InChI is InChI=1S/C37H74N2/c1-4-7-10-12-14-16-18-20-21-23-25-27-29-32-37-38(33-30-9-6-3)35-36-39(37)34-31-28-26-24-22-19-17-15-13-11-8-5-2/h35-37H,4-34H2,1-3H3. The van der Waals surface area contributed by atoms with Gasteiger partial charge in [-0.1, -0.05) is 181 Å². The molecule has 2 heteroatoms. The minimum atomic E-state index is 0.641. The summed E-state index contributed by atoms with van der Waals surface area (Å²) in [6.07, 6.45) is 47.0. The Hall–Kier alpha value is -0.660. The molecule has 0 aromatic rings. The van der Waals surface area contributed by atoms with Gasteiger partial charge in [-0.2, -0.15) is 0 Å². The third-order valence-electron chi connectivity index (χ3n) is 9.07. The van der Waals surface area contributed by atoms with Gasteiger partial charge >= 0.3 is 0 Å². The van der Waals surface area contributed by atoms with Crippen molar-refractivity contribution in [1.82, 2.24) is 9.80 Å². The lowest BCUT2D eigenvalue weighted by Crippen LogP contribution is -2.39. The molecule has 2 nitrogen and oxygen atoms in total. The van der Waals surface area contributed by atoms with E-state index in [2.05, 4.69) is 43.0 Å². The lowest BCUT2D eigenvalue weighted by molar-refractivity contribution is 0.135. The second kappa shape index (κ2) is 28.9. The van der Waals surface area contributed by atoms with Crippen molar-refractivity contribution in [3.63, 3.8) is 0 Å². The van der Waals surface area contributed by atoms with Gasteiger partial charge in [0.1, 0.15) is 6.17 Å². The third kappa shape index (κ3) is 21.7. The van der Waals surface area contributed by atoms with Crippen molar-refractivity contribution in [1.29, 1.82) is 0 Å². The highest BCUT2D eigenvalue weighted by atomic mass is 15.4. The molecule has 0 bridgehead atoms. The summed E-state index contributed by atoms with van der Waals surface area (Å²) in [7, 11) is 0. The van der Waals surface area contributed by atoms with Gasteiger partial charge in [0.2, 0.25) is 0 Å². The SMILES string of the molecule is CCCCCCCCCCCCCCCC1N(CCCCC)C=CN1CCCCCCCCCCCCCC. The van der Waals surface area contributed by atoms with E-state index in [1.807, 2.05) is 0 Å². The van der Waals surface area contributed by atoms with Crippen LogP contribution in [-0.4, -0.2) is 29.1 Å². The van der Waals surface area contributed by atoms with Crippen molar-refractivity contribution >= 4 is 0 Å². The van der Waals surface area contributed by atoms with E-state index in [9.17, 15) is 0 Å². The van der Waals surface area contributed by atoms with Crippen molar-refractivity contribution in [2.75, 3.05) is 13.1 Å². The van der Waals surface area contributed by atoms with Crippen LogP contribution in [0.5, 0.6) is 0 Å². The average molecular weight is 547 g/mol. The maximum atomic E-state index is 2.70. The van der Waals surface area contributed by atoms with Crippen LogP contribution in [0.2, 0.25) is 0 Å². The lowest BCUT2D eigenvalue weighted by Gasteiger charge is -2.33. The van der Waals surface area contributed by atoms with E-state index in [1.54, 1.807) is 0 Å². The maximum absolute atomic E-state index is 2.70. The van der Waals surface area contributed by atoms with E-state index >= 15 is 0 Å². The minimum Gasteiger partial charge on any atom is -0.356 e. The number of hydrogen-bond donors (Lipinski definition) is 0. The lowest BCUT2D eigenvalue weighted by atomic mass is 10.0. The average Bonchev–Trinajstić information content (AvgIpc) is 3.33. The molecule has 0 radical (unpaired) electrons. The Kier molecular flexibility index (Phi) is 26.9. The molecule has 1 aliphatic heterocycles. The zero-order chi connectivity index (χ0) is 28.1. The van der Waals surface area contributed by atoms with Crippen LogP contribution in [0, 0.1) is 0 Å². The van der Waals surface area contributed by atoms with Crippen molar-refractivity contribution in [3.8, 4) is 0 Å². The molecule has 0 aromatic carbocycles. The molecule has 232 valence electrons. The van der Waals surface area contributed by atoms with Crippen molar-refractivity contribution in [3.05, 3.63) is 12.4 Å². The highest BCUT2D eigenvalue weighted by Crippen LogP contribution is 2.24. The number of hydrogen-bond acceptors (Lipinski definition) is 2. The van der Waals surface area contributed by atoms with E-state index in [-0.39, 0.29) is 0 Å². The molecular formula is C37H74N2. The van der Waals surface area contributed by atoms with E-state index in [4.69, 9.17) is 0 Å². The summed E-state index contributed by atoms with van der Waals surface area (Å²) >= 11 is 0. The fourth-order valence-electron chi connectivity index (χ4n) is 6.36. The second-order valence-electron chi connectivity index (χ2n) is 12.9. The van der Waals surface area contributed by atoms with Gasteiger partial charge in [-0.25, -0.2) is 0 Å². The zero-order valence-electron chi connectivity index (χ0n) is 27.5. The summed E-state index contributed by atoms with van der Waals surface area (Å²) < 4.78 is 0. The van der Waals surface area contributed by atoms with E-state index in [0.717, 1.165) is 0 Å². The van der Waals surface area contributed by atoms with Crippen molar-refractivity contribution in [2.24, 2.45) is 0 Å². The molecule has 0 fully saturated rings. The van der Waals surface area contributed by atoms with Crippen LogP contribution in [0.1, 0.15) is 207 Å². The first kappa shape index (κ1) is 36.4. The first-order valence-electron chi connectivity index (χ1n) is 18.5. The van der Waals surface area contributed by atoms with Gasteiger partial charge in [-0.05, 0) is 25.7 Å². The minimum absolute atomic E-state index is 0.641. The predicted molar refractivity (Wildman–Crippen MR) is 177 cm³/mol. The molecule has 1 heterocycles. The van der Waals surface area contributed by atoms with E-state index in [1.165, 1.54) is 199 Å². The molecule has 0 amide bonds. The molecule has 0 aliphatic carbocycles. The highest BCUT2D eigenvalue weighted by Gasteiger charge is 2.24. The summed E-state index contributed by atoms with van der Waals surface area (Å²) in [5, 5.41) is 0. The molecule has 1 rings (SSSR count). The molecule has 0 spiro atoms. The molecule has 0 N–H and O–H groups in total. The van der Waals surface area contributed by atoms with Gasteiger partial charge in [0.25, 0.3) is 0 Å². The van der Waals surface area contributed by atoms with Gasteiger partial charge in [-0.3, -0.25) is 0 Å². The summed E-state index contributed by atoms with van der Waals surface area (Å²) in [5.74, 6) is 0. The molecule has 0 saturated heterocycles.